The van der Waals surface area contributed by atoms with Gasteiger partial charge in [0.15, 0.2) is 0 Å². The van der Waals surface area contributed by atoms with Gasteiger partial charge in [0.1, 0.15) is 23.9 Å². The van der Waals surface area contributed by atoms with Crippen LogP contribution in [-0.2, 0) is 0 Å². The number of aromatic amines is 1. The molecule has 0 radical (unpaired) electrons. The number of ether oxygens (including phenoxy) is 1. The predicted molar refractivity (Wildman–Crippen MR) is 91.4 cm³/mol. The summed E-state index contributed by atoms with van der Waals surface area (Å²) in [7, 11) is 1.99. The Bertz CT molecular complexity index is 935. The lowest BCUT2D eigenvalue weighted by atomic mass is 10.2. The topological polar surface area (TPSA) is 57.4 Å². The van der Waals surface area contributed by atoms with Gasteiger partial charge in [0.2, 0.25) is 0 Å². The van der Waals surface area contributed by atoms with Crippen LogP contribution in [0.3, 0.4) is 0 Å². The zero-order chi connectivity index (χ0) is 16.7. The van der Waals surface area contributed by atoms with Crippen LogP contribution in [0, 0.1) is 5.82 Å². The minimum absolute atomic E-state index is 0.272. The van der Waals surface area contributed by atoms with E-state index in [1.165, 1.54) is 12.1 Å². The third-order valence-electron chi connectivity index (χ3n) is 4.14. The van der Waals surface area contributed by atoms with Gasteiger partial charge < -0.3 is 19.9 Å². The molecule has 1 amide bonds. The second-order valence-corrected chi connectivity index (χ2v) is 5.82. The van der Waals surface area contributed by atoms with E-state index in [2.05, 4.69) is 15.2 Å². The van der Waals surface area contributed by atoms with Gasteiger partial charge in [-0.3, -0.25) is 4.79 Å². The second kappa shape index (κ2) is 5.56. The van der Waals surface area contributed by atoms with Gasteiger partial charge in [-0.2, -0.15) is 0 Å². The fourth-order valence-electron chi connectivity index (χ4n) is 2.85. The Morgan fingerprint density at radius 1 is 1.25 bits per heavy atom. The Morgan fingerprint density at radius 3 is 3.00 bits per heavy atom. The number of carbonyl (C=O) groups is 1. The molecule has 0 fully saturated rings. The van der Waals surface area contributed by atoms with Crippen LogP contribution < -0.4 is 15.0 Å². The molecule has 122 valence electrons. The van der Waals surface area contributed by atoms with Gasteiger partial charge in [0.25, 0.3) is 5.91 Å². The van der Waals surface area contributed by atoms with E-state index in [1.54, 1.807) is 18.2 Å². The number of nitrogens with zero attached hydrogens (tertiary/aromatic N) is 1. The first-order chi connectivity index (χ1) is 11.6. The van der Waals surface area contributed by atoms with E-state index < -0.39 is 0 Å². The van der Waals surface area contributed by atoms with Crippen molar-refractivity contribution in [1.29, 1.82) is 0 Å². The fourth-order valence-corrected chi connectivity index (χ4v) is 2.85. The largest absolute Gasteiger partial charge is 0.490 e. The highest BCUT2D eigenvalue weighted by Crippen LogP contribution is 2.33. The van der Waals surface area contributed by atoms with Gasteiger partial charge >= 0.3 is 0 Å². The monoisotopic (exact) mass is 325 g/mol. The molecule has 1 aromatic heterocycles. The zero-order valence-corrected chi connectivity index (χ0v) is 13.1. The minimum atomic E-state index is -0.328. The second-order valence-electron chi connectivity index (χ2n) is 5.82. The van der Waals surface area contributed by atoms with Crippen LogP contribution in [0.25, 0.3) is 10.9 Å². The maximum absolute atomic E-state index is 13.3. The summed E-state index contributed by atoms with van der Waals surface area (Å²) >= 11 is 0. The molecule has 2 heterocycles. The maximum Gasteiger partial charge on any atom is 0.272 e. The van der Waals surface area contributed by atoms with Crippen molar-refractivity contribution in [3.05, 3.63) is 54.0 Å². The van der Waals surface area contributed by atoms with E-state index in [9.17, 15) is 9.18 Å². The van der Waals surface area contributed by atoms with Crippen LogP contribution in [0.5, 0.6) is 5.75 Å². The number of nitrogens with one attached hydrogen (secondary N) is 2. The van der Waals surface area contributed by atoms with Crippen LogP contribution in [0.1, 0.15) is 10.5 Å². The maximum atomic E-state index is 13.3. The first-order valence-corrected chi connectivity index (χ1v) is 7.68. The Hall–Kier alpha value is -3.02. The summed E-state index contributed by atoms with van der Waals surface area (Å²) in [6, 6.07) is 11.6. The van der Waals surface area contributed by atoms with Gasteiger partial charge in [0.05, 0.1) is 12.2 Å². The van der Waals surface area contributed by atoms with Crippen molar-refractivity contribution in [2.24, 2.45) is 0 Å². The van der Waals surface area contributed by atoms with Crippen molar-refractivity contribution in [1.82, 2.24) is 4.98 Å². The average Bonchev–Trinajstić information content (AvgIpc) is 2.99. The van der Waals surface area contributed by atoms with Crippen LogP contribution in [0.15, 0.2) is 42.5 Å². The summed E-state index contributed by atoms with van der Waals surface area (Å²) < 4.78 is 18.9. The third kappa shape index (κ3) is 2.56. The Labute approximate surface area is 138 Å². The number of H-pyrrole nitrogens is 1. The van der Waals surface area contributed by atoms with E-state index in [-0.39, 0.29) is 11.7 Å². The molecule has 0 saturated carbocycles. The van der Waals surface area contributed by atoms with E-state index in [0.29, 0.717) is 23.4 Å². The molecule has 0 aliphatic carbocycles. The van der Waals surface area contributed by atoms with E-state index >= 15 is 0 Å². The highest BCUT2D eigenvalue weighted by Gasteiger charge is 2.16. The van der Waals surface area contributed by atoms with Crippen LogP contribution in [-0.4, -0.2) is 31.1 Å². The van der Waals surface area contributed by atoms with E-state index in [0.717, 1.165) is 23.5 Å². The van der Waals surface area contributed by atoms with Gasteiger partial charge in [-0.15, -0.1) is 0 Å². The fraction of sp³-hybridized carbons (Fsp3) is 0.167. The number of carbonyl (C=O) groups excluding carboxylic acids is 1. The number of likely N-dealkylation sites (N-methyl/N-ethyl adjacent to an activating group) is 1. The summed E-state index contributed by atoms with van der Waals surface area (Å²) in [6.45, 7) is 1.46. The third-order valence-corrected chi connectivity index (χ3v) is 4.14. The first kappa shape index (κ1) is 14.6. The van der Waals surface area contributed by atoms with Crippen molar-refractivity contribution < 1.29 is 13.9 Å². The lowest BCUT2D eigenvalue weighted by molar-refractivity contribution is 0.102. The molecule has 4 rings (SSSR count). The van der Waals surface area contributed by atoms with E-state index in [1.807, 2.05) is 19.2 Å². The molecular formula is C18H16FN3O2. The SMILES string of the molecule is CN1CCOc2ccc(NC(=O)c3cc4cc(F)ccc4[nH]3)cc21. The Morgan fingerprint density at radius 2 is 2.12 bits per heavy atom. The summed E-state index contributed by atoms with van der Waals surface area (Å²) in [6.07, 6.45) is 0. The van der Waals surface area contributed by atoms with Crippen molar-refractivity contribution >= 4 is 28.2 Å². The average molecular weight is 325 g/mol. The highest BCUT2D eigenvalue weighted by atomic mass is 19.1. The number of fused-ring (bicyclic) bond motifs is 2. The highest BCUT2D eigenvalue weighted by molar-refractivity contribution is 6.06. The van der Waals surface area contributed by atoms with Gasteiger partial charge in [-0.1, -0.05) is 0 Å². The number of benzene rings is 2. The standard InChI is InChI=1S/C18H16FN3O2/c1-22-6-7-24-17-5-3-13(10-16(17)22)20-18(23)15-9-11-8-12(19)2-4-14(11)21-15/h2-5,8-10,21H,6-7H2,1H3,(H,20,23). The smallest absolute Gasteiger partial charge is 0.272 e. The molecule has 5 nitrogen and oxygen atoms in total. The van der Waals surface area contributed by atoms with Gasteiger partial charge in [-0.05, 0) is 42.5 Å². The number of anilines is 2. The number of hydrogen-bond donors (Lipinski definition) is 2. The summed E-state index contributed by atoms with van der Waals surface area (Å²) in [5.41, 5.74) is 2.73. The molecule has 0 unspecified atom stereocenters. The molecule has 0 spiro atoms. The number of rotatable bonds is 2. The lowest BCUT2D eigenvalue weighted by Crippen LogP contribution is -2.28. The van der Waals surface area contributed by atoms with Crippen molar-refractivity contribution in [2.45, 2.75) is 0 Å². The predicted octanol–water partition coefficient (Wildman–Crippen LogP) is 3.39. The normalized spacial score (nSPS) is 13.5. The Balaban J connectivity index is 1.60. The molecule has 0 bridgehead atoms. The lowest BCUT2D eigenvalue weighted by Gasteiger charge is -2.28. The van der Waals surface area contributed by atoms with E-state index in [4.69, 9.17) is 4.74 Å². The summed E-state index contributed by atoms with van der Waals surface area (Å²) in [5, 5.41) is 3.52. The van der Waals surface area contributed by atoms with Gasteiger partial charge in [-0.25, -0.2) is 4.39 Å². The Kier molecular flexibility index (Phi) is 3.37. The molecule has 3 aromatic rings. The number of halogens is 1. The molecule has 6 heteroatoms. The van der Waals surface area contributed by atoms with Crippen molar-refractivity contribution in [2.75, 3.05) is 30.4 Å². The molecule has 0 saturated heterocycles. The number of amides is 1. The zero-order valence-electron chi connectivity index (χ0n) is 13.1. The van der Waals surface area contributed by atoms with Crippen LogP contribution in [0.4, 0.5) is 15.8 Å². The molecule has 24 heavy (non-hydrogen) atoms. The molecule has 1 aliphatic rings. The van der Waals surface area contributed by atoms with Crippen molar-refractivity contribution in [3.8, 4) is 5.75 Å². The van der Waals surface area contributed by atoms with Crippen molar-refractivity contribution in [3.63, 3.8) is 0 Å². The molecule has 2 N–H and O–H groups in total. The summed E-state index contributed by atoms with van der Waals surface area (Å²) in [5.74, 6) is 0.208. The summed E-state index contributed by atoms with van der Waals surface area (Å²) in [4.78, 5) is 17.5. The van der Waals surface area contributed by atoms with Gasteiger partial charge in [0, 0.05) is 23.6 Å². The minimum Gasteiger partial charge on any atom is -0.490 e. The van der Waals surface area contributed by atoms with Crippen LogP contribution >= 0.6 is 0 Å². The number of hydrogen-bond acceptors (Lipinski definition) is 3. The quantitative estimate of drug-likeness (QED) is 0.759. The molecule has 1 aliphatic heterocycles. The number of aromatic nitrogens is 1. The molecule has 2 aromatic carbocycles. The molecular weight excluding hydrogens is 309 g/mol. The first-order valence-electron chi connectivity index (χ1n) is 7.68. The molecule has 0 atom stereocenters. The van der Waals surface area contributed by atoms with Crippen LogP contribution in [0.2, 0.25) is 0 Å².